The SMILES string of the molecule is CC(NC(=O)C1CC1C)c1ccccc1Cl. The molecule has 3 atom stereocenters. The van der Waals surface area contributed by atoms with Crippen molar-refractivity contribution in [2.24, 2.45) is 11.8 Å². The van der Waals surface area contributed by atoms with E-state index < -0.39 is 0 Å². The number of carbonyl (C=O) groups excluding carboxylic acids is 1. The van der Waals surface area contributed by atoms with Crippen molar-refractivity contribution in [3.8, 4) is 0 Å². The lowest BCUT2D eigenvalue weighted by atomic mass is 10.1. The van der Waals surface area contributed by atoms with E-state index in [1.807, 2.05) is 31.2 Å². The molecule has 16 heavy (non-hydrogen) atoms. The van der Waals surface area contributed by atoms with E-state index in [9.17, 15) is 4.79 Å². The first-order valence-corrected chi connectivity index (χ1v) is 6.02. The predicted molar refractivity (Wildman–Crippen MR) is 65.3 cm³/mol. The minimum absolute atomic E-state index is 0.0194. The van der Waals surface area contributed by atoms with Crippen molar-refractivity contribution < 1.29 is 4.79 Å². The van der Waals surface area contributed by atoms with Crippen molar-refractivity contribution in [1.82, 2.24) is 5.32 Å². The Labute approximate surface area is 101 Å². The molecular formula is C13H16ClNO. The molecule has 1 aromatic rings. The Balaban J connectivity index is 2.00. The van der Waals surface area contributed by atoms with Gasteiger partial charge in [-0.15, -0.1) is 0 Å². The van der Waals surface area contributed by atoms with Crippen LogP contribution < -0.4 is 5.32 Å². The molecule has 1 amide bonds. The highest BCUT2D eigenvalue weighted by atomic mass is 35.5. The van der Waals surface area contributed by atoms with Gasteiger partial charge in [-0.1, -0.05) is 36.7 Å². The number of halogens is 1. The molecule has 3 unspecified atom stereocenters. The lowest BCUT2D eigenvalue weighted by molar-refractivity contribution is -0.123. The summed E-state index contributed by atoms with van der Waals surface area (Å²) in [5.41, 5.74) is 0.978. The van der Waals surface area contributed by atoms with Gasteiger partial charge in [-0.25, -0.2) is 0 Å². The lowest BCUT2D eigenvalue weighted by Crippen LogP contribution is -2.28. The van der Waals surface area contributed by atoms with Crippen LogP contribution in [0.25, 0.3) is 0 Å². The van der Waals surface area contributed by atoms with Crippen molar-refractivity contribution >= 4 is 17.5 Å². The highest BCUT2D eigenvalue weighted by molar-refractivity contribution is 6.31. The molecule has 0 heterocycles. The van der Waals surface area contributed by atoms with Crippen LogP contribution in [0, 0.1) is 11.8 Å². The van der Waals surface area contributed by atoms with Gasteiger partial charge in [0.1, 0.15) is 0 Å². The third kappa shape index (κ3) is 2.38. The Kier molecular flexibility index (Phi) is 3.20. The molecule has 1 fully saturated rings. The van der Waals surface area contributed by atoms with E-state index in [1.54, 1.807) is 0 Å². The van der Waals surface area contributed by atoms with Gasteiger partial charge in [0.05, 0.1) is 6.04 Å². The van der Waals surface area contributed by atoms with Gasteiger partial charge in [-0.3, -0.25) is 4.79 Å². The molecule has 0 aromatic heterocycles. The van der Waals surface area contributed by atoms with E-state index in [0.29, 0.717) is 10.9 Å². The van der Waals surface area contributed by atoms with E-state index in [-0.39, 0.29) is 17.9 Å². The zero-order valence-electron chi connectivity index (χ0n) is 9.53. The monoisotopic (exact) mass is 237 g/mol. The Morgan fingerprint density at radius 2 is 2.12 bits per heavy atom. The summed E-state index contributed by atoms with van der Waals surface area (Å²) in [7, 11) is 0. The molecule has 3 heteroatoms. The minimum atomic E-state index is -0.0194. The number of nitrogens with one attached hydrogen (secondary N) is 1. The molecule has 2 nitrogen and oxygen atoms in total. The molecule has 0 bridgehead atoms. The topological polar surface area (TPSA) is 29.1 Å². The summed E-state index contributed by atoms with van der Waals surface area (Å²) < 4.78 is 0. The summed E-state index contributed by atoms with van der Waals surface area (Å²) in [6.45, 7) is 4.07. The first kappa shape index (κ1) is 11.5. The third-order valence-corrected chi connectivity index (χ3v) is 3.52. The summed E-state index contributed by atoms with van der Waals surface area (Å²) in [4.78, 5) is 11.8. The molecule has 86 valence electrons. The van der Waals surface area contributed by atoms with Gasteiger partial charge in [0.25, 0.3) is 0 Å². The zero-order chi connectivity index (χ0) is 11.7. The molecule has 1 N–H and O–H groups in total. The van der Waals surface area contributed by atoms with Crippen LogP contribution in [0.15, 0.2) is 24.3 Å². The summed E-state index contributed by atoms with van der Waals surface area (Å²) in [6, 6.07) is 7.60. The van der Waals surface area contributed by atoms with Crippen LogP contribution in [-0.4, -0.2) is 5.91 Å². The fourth-order valence-corrected chi connectivity index (χ4v) is 2.21. The van der Waals surface area contributed by atoms with Gasteiger partial charge in [0.2, 0.25) is 5.91 Å². The maximum Gasteiger partial charge on any atom is 0.223 e. The zero-order valence-corrected chi connectivity index (χ0v) is 10.3. The second-order valence-electron chi connectivity index (χ2n) is 4.57. The molecular weight excluding hydrogens is 222 g/mol. The van der Waals surface area contributed by atoms with Crippen LogP contribution in [0.2, 0.25) is 5.02 Å². The lowest BCUT2D eigenvalue weighted by Gasteiger charge is -2.15. The maximum atomic E-state index is 11.8. The van der Waals surface area contributed by atoms with Crippen LogP contribution in [0.4, 0.5) is 0 Å². The number of hydrogen-bond acceptors (Lipinski definition) is 1. The van der Waals surface area contributed by atoms with E-state index >= 15 is 0 Å². The summed E-state index contributed by atoms with van der Waals surface area (Å²) >= 11 is 6.08. The van der Waals surface area contributed by atoms with E-state index in [2.05, 4.69) is 12.2 Å². The number of amides is 1. The molecule has 1 aromatic carbocycles. The minimum Gasteiger partial charge on any atom is -0.349 e. The molecule has 0 spiro atoms. The second-order valence-corrected chi connectivity index (χ2v) is 4.98. The van der Waals surface area contributed by atoms with Gasteiger partial charge < -0.3 is 5.32 Å². The highest BCUT2D eigenvalue weighted by Crippen LogP contribution is 2.38. The first-order valence-electron chi connectivity index (χ1n) is 5.64. The van der Waals surface area contributed by atoms with E-state index in [4.69, 9.17) is 11.6 Å². The smallest absolute Gasteiger partial charge is 0.223 e. The molecule has 1 saturated carbocycles. The Hall–Kier alpha value is -1.02. The number of hydrogen-bond donors (Lipinski definition) is 1. The van der Waals surface area contributed by atoms with E-state index in [1.165, 1.54) is 0 Å². The van der Waals surface area contributed by atoms with Crippen molar-refractivity contribution in [2.45, 2.75) is 26.3 Å². The Morgan fingerprint density at radius 3 is 2.69 bits per heavy atom. The standard InChI is InChI=1S/C13H16ClNO/c1-8-7-11(8)13(16)15-9(2)10-5-3-4-6-12(10)14/h3-6,8-9,11H,7H2,1-2H3,(H,15,16). The van der Waals surface area contributed by atoms with Crippen molar-refractivity contribution in [3.63, 3.8) is 0 Å². The third-order valence-electron chi connectivity index (χ3n) is 3.18. The van der Waals surface area contributed by atoms with Crippen LogP contribution in [-0.2, 0) is 4.79 Å². The number of carbonyl (C=O) groups is 1. The summed E-state index contributed by atoms with van der Waals surface area (Å²) in [5, 5.41) is 3.71. The molecule has 1 aliphatic rings. The summed E-state index contributed by atoms with van der Waals surface area (Å²) in [5.74, 6) is 0.906. The average Bonchev–Trinajstić information content (AvgIpc) is 2.96. The Bertz CT molecular complexity index is 405. The quantitative estimate of drug-likeness (QED) is 0.860. The average molecular weight is 238 g/mol. The van der Waals surface area contributed by atoms with Crippen LogP contribution in [0.3, 0.4) is 0 Å². The van der Waals surface area contributed by atoms with Gasteiger partial charge >= 0.3 is 0 Å². The van der Waals surface area contributed by atoms with E-state index in [0.717, 1.165) is 12.0 Å². The largest absolute Gasteiger partial charge is 0.349 e. The van der Waals surface area contributed by atoms with Crippen LogP contribution in [0.5, 0.6) is 0 Å². The molecule has 1 aliphatic carbocycles. The van der Waals surface area contributed by atoms with Crippen molar-refractivity contribution in [1.29, 1.82) is 0 Å². The van der Waals surface area contributed by atoms with Crippen LogP contribution >= 0.6 is 11.6 Å². The van der Waals surface area contributed by atoms with Gasteiger partial charge in [0, 0.05) is 10.9 Å². The Morgan fingerprint density at radius 1 is 1.50 bits per heavy atom. The molecule has 0 aliphatic heterocycles. The number of benzene rings is 1. The predicted octanol–water partition coefficient (Wildman–Crippen LogP) is 3.17. The normalized spacial score (nSPS) is 24.9. The number of rotatable bonds is 3. The fourth-order valence-electron chi connectivity index (χ4n) is 1.91. The fraction of sp³-hybridized carbons (Fsp3) is 0.462. The van der Waals surface area contributed by atoms with Gasteiger partial charge in [-0.2, -0.15) is 0 Å². The maximum absolute atomic E-state index is 11.8. The summed E-state index contributed by atoms with van der Waals surface area (Å²) in [6.07, 6.45) is 1.01. The van der Waals surface area contributed by atoms with Gasteiger partial charge in [-0.05, 0) is 30.9 Å². The second kappa shape index (κ2) is 4.46. The molecule has 2 rings (SSSR count). The molecule has 0 radical (unpaired) electrons. The molecule has 0 saturated heterocycles. The first-order chi connectivity index (χ1) is 7.59. The van der Waals surface area contributed by atoms with Gasteiger partial charge in [0.15, 0.2) is 0 Å². The van der Waals surface area contributed by atoms with Crippen molar-refractivity contribution in [2.75, 3.05) is 0 Å². The van der Waals surface area contributed by atoms with Crippen LogP contribution in [0.1, 0.15) is 31.9 Å². The highest BCUT2D eigenvalue weighted by Gasteiger charge is 2.39. The van der Waals surface area contributed by atoms with Crippen molar-refractivity contribution in [3.05, 3.63) is 34.9 Å².